The smallest absolute Gasteiger partial charge is 0.228 e. The zero-order valence-corrected chi connectivity index (χ0v) is 14.9. The second kappa shape index (κ2) is 8.45. The summed E-state index contributed by atoms with van der Waals surface area (Å²) in [6.45, 7) is 2.64. The third-order valence-electron chi connectivity index (χ3n) is 4.31. The van der Waals surface area contributed by atoms with E-state index in [1.54, 1.807) is 4.90 Å². The first kappa shape index (κ1) is 17.9. The first-order chi connectivity index (χ1) is 12.7. The molecule has 5 nitrogen and oxygen atoms in total. The van der Waals surface area contributed by atoms with Crippen LogP contribution in [0.25, 0.3) is 11.7 Å². The number of hydrogen-bond acceptors (Lipinski definition) is 3. The van der Waals surface area contributed by atoms with Gasteiger partial charge in [-0.2, -0.15) is 0 Å². The molecule has 2 heterocycles. The number of aliphatic hydroxyl groups excluding tert-OH is 1. The Balaban J connectivity index is 1.72. The van der Waals surface area contributed by atoms with Gasteiger partial charge in [-0.25, -0.2) is 4.98 Å². The van der Waals surface area contributed by atoms with Crippen molar-refractivity contribution in [3.8, 4) is 0 Å². The zero-order valence-electron chi connectivity index (χ0n) is 14.9. The number of nitrogens with zero attached hydrogens (tertiary/aromatic N) is 3. The van der Waals surface area contributed by atoms with Crippen LogP contribution in [0.15, 0.2) is 60.8 Å². The van der Waals surface area contributed by atoms with Gasteiger partial charge in [0.15, 0.2) is 0 Å². The highest BCUT2D eigenvalue weighted by molar-refractivity contribution is 5.79. The molecule has 0 saturated carbocycles. The van der Waals surface area contributed by atoms with E-state index in [4.69, 9.17) is 0 Å². The largest absolute Gasteiger partial charge is 0.395 e. The maximum Gasteiger partial charge on any atom is 0.228 e. The summed E-state index contributed by atoms with van der Waals surface area (Å²) in [4.78, 5) is 18.9. The number of carbonyl (C=O) groups is 1. The fraction of sp³-hybridized carbons (Fsp3) is 0.238. The van der Waals surface area contributed by atoms with Gasteiger partial charge in [-0.3, -0.25) is 4.79 Å². The highest BCUT2D eigenvalue weighted by Gasteiger charge is 2.17. The molecule has 0 aliphatic heterocycles. The van der Waals surface area contributed by atoms with Gasteiger partial charge in [-0.05, 0) is 24.6 Å². The van der Waals surface area contributed by atoms with Gasteiger partial charge in [0.2, 0.25) is 5.91 Å². The Kier molecular flexibility index (Phi) is 5.81. The molecular weight excluding hydrogens is 326 g/mol. The number of aromatic nitrogens is 2. The number of pyridine rings is 1. The number of benzene rings is 1. The van der Waals surface area contributed by atoms with Gasteiger partial charge in [-0.15, -0.1) is 0 Å². The normalized spacial score (nSPS) is 11.3. The SMILES string of the molecule is Cc1nc2ccccn2c1CC(=O)N(CC=Cc1ccccc1)CCO. The number of aliphatic hydroxyl groups is 1. The van der Waals surface area contributed by atoms with E-state index >= 15 is 0 Å². The molecular formula is C21H23N3O2. The minimum absolute atomic E-state index is 0.0227. The highest BCUT2D eigenvalue weighted by atomic mass is 16.3. The van der Waals surface area contributed by atoms with E-state index in [1.807, 2.05) is 78.2 Å². The molecule has 1 aromatic carbocycles. The molecule has 0 saturated heterocycles. The lowest BCUT2D eigenvalue weighted by molar-refractivity contribution is -0.130. The van der Waals surface area contributed by atoms with Crippen LogP contribution in [0.1, 0.15) is 17.0 Å². The molecule has 3 rings (SSSR count). The van der Waals surface area contributed by atoms with Crippen LogP contribution in [0.2, 0.25) is 0 Å². The number of fused-ring (bicyclic) bond motifs is 1. The molecule has 0 radical (unpaired) electrons. The van der Waals surface area contributed by atoms with Gasteiger partial charge in [-0.1, -0.05) is 48.6 Å². The lowest BCUT2D eigenvalue weighted by Gasteiger charge is -2.20. The van der Waals surface area contributed by atoms with Gasteiger partial charge >= 0.3 is 0 Å². The number of rotatable bonds is 7. The molecule has 3 aromatic rings. The van der Waals surface area contributed by atoms with Crippen LogP contribution in [0, 0.1) is 6.92 Å². The van der Waals surface area contributed by atoms with E-state index in [-0.39, 0.29) is 18.9 Å². The maximum atomic E-state index is 12.8. The summed E-state index contributed by atoms with van der Waals surface area (Å²) in [6.07, 6.45) is 6.11. The second-order valence-electron chi connectivity index (χ2n) is 6.13. The minimum Gasteiger partial charge on any atom is -0.395 e. The van der Waals surface area contributed by atoms with Crippen molar-refractivity contribution in [2.24, 2.45) is 0 Å². The van der Waals surface area contributed by atoms with Crippen molar-refractivity contribution in [2.75, 3.05) is 19.7 Å². The van der Waals surface area contributed by atoms with E-state index in [0.717, 1.165) is 22.6 Å². The molecule has 2 aromatic heterocycles. The van der Waals surface area contributed by atoms with E-state index in [9.17, 15) is 9.90 Å². The standard InChI is InChI=1S/C21H23N3O2/c1-17-19(24-13-6-5-11-20(24)22-17)16-21(26)23(14-15-25)12-7-10-18-8-3-2-4-9-18/h2-11,13,25H,12,14-16H2,1H3. The molecule has 0 aliphatic carbocycles. The fourth-order valence-electron chi connectivity index (χ4n) is 2.95. The predicted octanol–water partition coefficient (Wildman–Crippen LogP) is 2.72. The van der Waals surface area contributed by atoms with Gasteiger partial charge in [0.25, 0.3) is 0 Å². The number of carbonyl (C=O) groups excluding carboxylic acids is 1. The average molecular weight is 349 g/mol. The van der Waals surface area contributed by atoms with E-state index in [0.29, 0.717) is 13.1 Å². The second-order valence-corrected chi connectivity index (χ2v) is 6.13. The van der Waals surface area contributed by atoms with Crippen molar-refractivity contribution < 1.29 is 9.90 Å². The molecule has 0 unspecified atom stereocenters. The van der Waals surface area contributed by atoms with E-state index in [1.165, 1.54) is 0 Å². The molecule has 1 amide bonds. The Hall–Kier alpha value is -2.92. The van der Waals surface area contributed by atoms with Crippen LogP contribution in [0.5, 0.6) is 0 Å². The van der Waals surface area contributed by atoms with Crippen molar-refractivity contribution in [3.05, 3.63) is 77.8 Å². The van der Waals surface area contributed by atoms with E-state index in [2.05, 4.69) is 4.98 Å². The summed E-state index contributed by atoms with van der Waals surface area (Å²) in [5.74, 6) is -0.0227. The van der Waals surface area contributed by atoms with Crippen molar-refractivity contribution in [2.45, 2.75) is 13.3 Å². The van der Waals surface area contributed by atoms with Gasteiger partial charge in [0.1, 0.15) is 5.65 Å². The first-order valence-electron chi connectivity index (χ1n) is 8.72. The van der Waals surface area contributed by atoms with Crippen molar-refractivity contribution in [3.63, 3.8) is 0 Å². The summed E-state index contributed by atoms with van der Waals surface area (Å²) in [5, 5.41) is 9.32. The third-order valence-corrected chi connectivity index (χ3v) is 4.31. The van der Waals surface area contributed by atoms with Gasteiger partial charge < -0.3 is 14.4 Å². The Morgan fingerprint density at radius 2 is 1.96 bits per heavy atom. The molecule has 0 atom stereocenters. The number of imidazole rings is 1. The summed E-state index contributed by atoms with van der Waals surface area (Å²) < 4.78 is 1.95. The summed E-state index contributed by atoms with van der Waals surface area (Å²) >= 11 is 0. The lowest BCUT2D eigenvalue weighted by atomic mass is 10.2. The van der Waals surface area contributed by atoms with Crippen molar-refractivity contribution in [1.82, 2.24) is 14.3 Å². The average Bonchev–Trinajstić information content (AvgIpc) is 2.97. The summed E-state index contributed by atoms with van der Waals surface area (Å²) in [7, 11) is 0. The quantitative estimate of drug-likeness (QED) is 0.713. The molecule has 5 heteroatoms. The molecule has 0 fully saturated rings. The predicted molar refractivity (Wildman–Crippen MR) is 103 cm³/mol. The summed E-state index contributed by atoms with van der Waals surface area (Å²) in [6, 6.07) is 15.7. The van der Waals surface area contributed by atoms with Crippen LogP contribution >= 0.6 is 0 Å². The van der Waals surface area contributed by atoms with Gasteiger partial charge in [0.05, 0.1) is 24.4 Å². The molecule has 1 N–H and O–H groups in total. The lowest BCUT2D eigenvalue weighted by Crippen LogP contribution is -2.35. The summed E-state index contributed by atoms with van der Waals surface area (Å²) in [5.41, 5.74) is 3.67. The first-order valence-corrected chi connectivity index (χ1v) is 8.72. The van der Waals surface area contributed by atoms with Crippen LogP contribution in [0.4, 0.5) is 0 Å². The Labute approximate surface area is 153 Å². The van der Waals surface area contributed by atoms with Crippen LogP contribution in [-0.2, 0) is 11.2 Å². The molecule has 0 spiro atoms. The topological polar surface area (TPSA) is 57.8 Å². The molecule has 134 valence electrons. The zero-order chi connectivity index (χ0) is 18.4. The van der Waals surface area contributed by atoms with Gasteiger partial charge in [0, 0.05) is 19.3 Å². The Morgan fingerprint density at radius 3 is 2.73 bits per heavy atom. The number of hydrogen-bond donors (Lipinski definition) is 1. The molecule has 0 aliphatic rings. The minimum atomic E-state index is -0.0585. The van der Waals surface area contributed by atoms with Crippen molar-refractivity contribution in [1.29, 1.82) is 0 Å². The Morgan fingerprint density at radius 1 is 1.19 bits per heavy atom. The molecule has 26 heavy (non-hydrogen) atoms. The van der Waals surface area contributed by atoms with Crippen molar-refractivity contribution >= 4 is 17.6 Å². The maximum absolute atomic E-state index is 12.8. The van der Waals surface area contributed by atoms with E-state index < -0.39 is 0 Å². The van der Waals surface area contributed by atoms with Crippen LogP contribution in [-0.4, -0.2) is 45.0 Å². The number of aryl methyl sites for hydroxylation is 1. The highest BCUT2D eigenvalue weighted by Crippen LogP contribution is 2.13. The van der Waals surface area contributed by atoms with Crippen LogP contribution in [0.3, 0.4) is 0 Å². The van der Waals surface area contributed by atoms with Crippen LogP contribution < -0.4 is 0 Å². The molecule has 0 bridgehead atoms. The monoisotopic (exact) mass is 349 g/mol. The number of amides is 1. The Bertz CT molecular complexity index is 900. The third kappa shape index (κ3) is 4.18. The fourth-order valence-corrected chi connectivity index (χ4v) is 2.95.